The summed E-state index contributed by atoms with van der Waals surface area (Å²) in [4.78, 5) is 30.5. The fraction of sp³-hybridized carbons (Fsp3) is 0.290. The number of nitrogens with one attached hydrogen (secondary N) is 3. The lowest BCUT2D eigenvalue weighted by molar-refractivity contribution is -0.115. The number of carbonyl (C=O) groups is 2. The van der Waals surface area contributed by atoms with Crippen molar-refractivity contribution >= 4 is 28.7 Å². The summed E-state index contributed by atoms with van der Waals surface area (Å²) >= 11 is 0. The number of anilines is 1. The molecule has 1 unspecified atom stereocenters. The summed E-state index contributed by atoms with van der Waals surface area (Å²) in [6.45, 7) is 5.76. The van der Waals surface area contributed by atoms with Crippen molar-refractivity contribution < 1.29 is 27.2 Å². The minimum absolute atomic E-state index is 0.0341. The number of carbonyl (C=O) groups excluding carboxylic acids is 2. The van der Waals surface area contributed by atoms with Gasteiger partial charge < -0.3 is 20.4 Å². The normalized spacial score (nSPS) is 13.0. The smallest absolute Gasteiger partial charge is 0.405 e. The molecule has 0 spiro atoms. The Morgan fingerprint density at radius 1 is 1.05 bits per heavy atom. The van der Waals surface area contributed by atoms with E-state index in [2.05, 4.69) is 27.0 Å². The van der Waals surface area contributed by atoms with Crippen LogP contribution in [-0.4, -0.2) is 42.1 Å². The minimum atomic E-state index is -4.54. The van der Waals surface area contributed by atoms with Gasteiger partial charge in [-0.3, -0.25) is 9.59 Å². The highest BCUT2D eigenvalue weighted by molar-refractivity contribution is 6.11. The first-order valence-corrected chi connectivity index (χ1v) is 13.2. The lowest BCUT2D eigenvalue weighted by Gasteiger charge is -2.27. The summed E-state index contributed by atoms with van der Waals surface area (Å²) in [7, 11) is 1.46. The maximum Gasteiger partial charge on any atom is 0.405 e. The Morgan fingerprint density at radius 2 is 1.74 bits per heavy atom. The molecule has 1 atom stereocenters. The topological polar surface area (TPSA) is 120 Å². The third kappa shape index (κ3) is 6.22. The van der Waals surface area contributed by atoms with Gasteiger partial charge in [0.25, 0.3) is 11.8 Å². The number of aryl methyl sites for hydroxylation is 1. The van der Waals surface area contributed by atoms with Crippen LogP contribution >= 0.6 is 0 Å². The first kappa shape index (κ1) is 30.1. The summed E-state index contributed by atoms with van der Waals surface area (Å²) in [5.41, 5.74) is 1.35. The van der Waals surface area contributed by atoms with E-state index in [0.717, 1.165) is 5.56 Å². The predicted molar refractivity (Wildman–Crippen MR) is 154 cm³/mol. The van der Waals surface area contributed by atoms with Crippen molar-refractivity contribution in [1.82, 2.24) is 15.6 Å². The third-order valence-corrected chi connectivity index (χ3v) is 7.10. The van der Waals surface area contributed by atoms with E-state index in [0.29, 0.717) is 11.1 Å². The Hall–Kier alpha value is -4.85. The van der Waals surface area contributed by atoms with Crippen LogP contribution in [0.3, 0.4) is 0 Å². The quantitative estimate of drug-likeness (QED) is 0.221. The number of rotatable bonds is 8. The van der Waals surface area contributed by atoms with E-state index in [4.69, 9.17) is 4.42 Å². The van der Waals surface area contributed by atoms with Crippen LogP contribution in [0.4, 0.5) is 19.0 Å². The second-order valence-corrected chi connectivity index (χ2v) is 10.5. The van der Waals surface area contributed by atoms with Gasteiger partial charge in [0, 0.05) is 23.7 Å². The number of amides is 2. The summed E-state index contributed by atoms with van der Waals surface area (Å²) in [5, 5.41) is 17.6. The number of fused-ring (bicyclic) bond motifs is 1. The van der Waals surface area contributed by atoms with Crippen molar-refractivity contribution in [3.63, 3.8) is 0 Å². The molecule has 0 aliphatic carbocycles. The standard InChI is InChI=1S/C31H30F3N5O3/c1-17(2)30(4,15-35)39-27(40)21-8-6-7-20(13-21)22-14-23-24(28(41)36-5)25(19-11-9-18(3)10-12-19)42-29(23)38-26(22)37-16-31(32,33)34/h6-14,17H,16H2,1-5H3,(H,36,41)(H,37,38)(H,39,40). The molecule has 4 rings (SSSR count). The van der Waals surface area contributed by atoms with Gasteiger partial charge in [-0.1, -0.05) is 55.8 Å². The van der Waals surface area contributed by atoms with Gasteiger partial charge >= 0.3 is 6.18 Å². The van der Waals surface area contributed by atoms with Gasteiger partial charge in [-0.2, -0.15) is 23.4 Å². The predicted octanol–water partition coefficient (Wildman–Crippen LogP) is 6.47. The fourth-order valence-electron chi connectivity index (χ4n) is 4.26. The molecule has 218 valence electrons. The van der Waals surface area contributed by atoms with Crippen molar-refractivity contribution in [2.75, 3.05) is 18.9 Å². The van der Waals surface area contributed by atoms with Crippen molar-refractivity contribution in [3.8, 4) is 28.5 Å². The van der Waals surface area contributed by atoms with Crippen molar-refractivity contribution in [3.05, 3.63) is 71.3 Å². The lowest BCUT2D eigenvalue weighted by Crippen LogP contribution is -2.48. The Bertz CT molecular complexity index is 1690. The summed E-state index contributed by atoms with van der Waals surface area (Å²) < 4.78 is 45.7. The van der Waals surface area contributed by atoms with Crippen LogP contribution in [-0.2, 0) is 0 Å². The van der Waals surface area contributed by atoms with E-state index in [1.165, 1.54) is 25.2 Å². The van der Waals surface area contributed by atoms with Crippen molar-refractivity contribution in [1.29, 1.82) is 5.26 Å². The second-order valence-electron chi connectivity index (χ2n) is 10.5. The fourth-order valence-corrected chi connectivity index (χ4v) is 4.26. The van der Waals surface area contributed by atoms with Gasteiger partial charge in [0.1, 0.15) is 23.7 Å². The van der Waals surface area contributed by atoms with Crippen LogP contribution in [0, 0.1) is 24.2 Å². The van der Waals surface area contributed by atoms with Gasteiger partial charge in [-0.25, -0.2) is 0 Å². The largest absolute Gasteiger partial charge is 0.437 e. The highest BCUT2D eigenvalue weighted by Gasteiger charge is 2.31. The maximum absolute atomic E-state index is 13.2. The molecule has 0 bridgehead atoms. The second kappa shape index (κ2) is 11.6. The van der Waals surface area contributed by atoms with Crippen LogP contribution in [0.25, 0.3) is 33.6 Å². The molecular weight excluding hydrogens is 547 g/mol. The average Bonchev–Trinajstić information content (AvgIpc) is 3.33. The molecule has 0 aliphatic rings. The molecule has 2 aromatic heterocycles. The SMILES string of the molecule is CNC(=O)c1c(-c2ccc(C)cc2)oc2nc(NCC(F)(F)F)c(-c3cccc(C(=O)NC(C)(C#N)C(C)C)c3)cc12. The number of alkyl halides is 3. The molecular formula is C31H30F3N5O3. The third-order valence-electron chi connectivity index (χ3n) is 7.10. The average molecular weight is 578 g/mol. The van der Waals surface area contributed by atoms with E-state index in [1.807, 2.05) is 19.1 Å². The molecule has 2 amide bonds. The monoisotopic (exact) mass is 577 g/mol. The zero-order chi connectivity index (χ0) is 30.8. The molecule has 0 fully saturated rings. The van der Waals surface area contributed by atoms with Gasteiger partial charge in [-0.15, -0.1) is 0 Å². The first-order chi connectivity index (χ1) is 19.8. The molecule has 0 radical (unpaired) electrons. The van der Waals surface area contributed by atoms with E-state index >= 15 is 0 Å². The Kier molecular flexibility index (Phi) is 8.29. The van der Waals surface area contributed by atoms with Crippen LogP contribution < -0.4 is 16.0 Å². The Morgan fingerprint density at radius 3 is 2.33 bits per heavy atom. The van der Waals surface area contributed by atoms with Gasteiger partial charge in [0.15, 0.2) is 0 Å². The van der Waals surface area contributed by atoms with Gasteiger partial charge in [0.05, 0.1) is 17.0 Å². The molecule has 2 heterocycles. The number of furan rings is 1. The number of aromatic nitrogens is 1. The molecule has 3 N–H and O–H groups in total. The van der Waals surface area contributed by atoms with Crippen LogP contribution in [0.5, 0.6) is 0 Å². The molecule has 2 aromatic carbocycles. The lowest BCUT2D eigenvalue weighted by atomic mass is 9.89. The highest BCUT2D eigenvalue weighted by atomic mass is 19.4. The number of nitriles is 1. The molecule has 0 saturated heterocycles. The first-order valence-electron chi connectivity index (χ1n) is 13.2. The van der Waals surface area contributed by atoms with Crippen LogP contribution in [0.2, 0.25) is 0 Å². The number of benzene rings is 2. The molecule has 42 heavy (non-hydrogen) atoms. The van der Waals surface area contributed by atoms with Crippen LogP contribution in [0.1, 0.15) is 47.1 Å². The van der Waals surface area contributed by atoms with E-state index in [9.17, 15) is 28.0 Å². The van der Waals surface area contributed by atoms with Gasteiger partial charge in [0.2, 0.25) is 5.71 Å². The van der Waals surface area contributed by atoms with Crippen molar-refractivity contribution in [2.24, 2.45) is 5.92 Å². The van der Waals surface area contributed by atoms with Crippen LogP contribution in [0.15, 0.2) is 59.0 Å². The minimum Gasteiger partial charge on any atom is -0.437 e. The molecule has 8 nitrogen and oxygen atoms in total. The maximum atomic E-state index is 13.2. The molecule has 0 saturated carbocycles. The number of hydrogen-bond donors (Lipinski definition) is 3. The Balaban J connectivity index is 1.91. The number of hydrogen-bond acceptors (Lipinski definition) is 6. The Labute approximate surface area is 240 Å². The number of halogens is 3. The zero-order valence-electron chi connectivity index (χ0n) is 23.7. The van der Waals surface area contributed by atoms with E-state index in [1.54, 1.807) is 45.0 Å². The summed E-state index contributed by atoms with van der Waals surface area (Å²) in [5.74, 6) is -1.11. The zero-order valence-corrected chi connectivity index (χ0v) is 23.7. The summed E-state index contributed by atoms with van der Waals surface area (Å²) in [6.07, 6.45) is -4.54. The highest BCUT2D eigenvalue weighted by Crippen LogP contribution is 2.38. The molecule has 11 heteroatoms. The molecule has 0 aliphatic heterocycles. The van der Waals surface area contributed by atoms with Crippen molar-refractivity contribution in [2.45, 2.75) is 39.4 Å². The van der Waals surface area contributed by atoms with E-state index < -0.39 is 30.1 Å². The van der Waals surface area contributed by atoms with E-state index in [-0.39, 0.29) is 45.3 Å². The number of pyridine rings is 1. The summed E-state index contributed by atoms with van der Waals surface area (Å²) in [6, 6.07) is 17.1. The number of nitrogens with zero attached hydrogens (tertiary/aromatic N) is 2. The molecule has 4 aromatic rings. The van der Waals surface area contributed by atoms with Gasteiger partial charge in [-0.05, 0) is 43.5 Å².